The Morgan fingerprint density at radius 2 is 2.03 bits per heavy atom. The molecule has 3 aliphatic heterocycles. The molecule has 5 heterocycles. The third kappa shape index (κ3) is 3.14. The van der Waals surface area contributed by atoms with Crippen LogP contribution in [-0.2, 0) is 10.2 Å². The van der Waals surface area contributed by atoms with Gasteiger partial charge < -0.3 is 14.2 Å². The van der Waals surface area contributed by atoms with Crippen LogP contribution < -0.4 is 0 Å². The van der Waals surface area contributed by atoms with Crippen LogP contribution in [0.25, 0.3) is 0 Å². The van der Waals surface area contributed by atoms with E-state index in [4.69, 9.17) is 9.26 Å². The number of nitrogens with zero attached hydrogens (tertiary/aromatic N) is 5. The highest BCUT2D eigenvalue weighted by molar-refractivity contribution is 5.95. The minimum atomic E-state index is -0.300. The van der Waals surface area contributed by atoms with Crippen molar-refractivity contribution >= 4 is 5.91 Å². The fraction of sp³-hybridized carbons (Fsp3) is 0.619. The molecule has 1 amide bonds. The summed E-state index contributed by atoms with van der Waals surface area (Å²) in [5.41, 5.74) is 1.14. The van der Waals surface area contributed by atoms with Gasteiger partial charge in [-0.3, -0.25) is 14.7 Å². The number of ether oxygens (including phenoxy) is 1. The van der Waals surface area contributed by atoms with Crippen molar-refractivity contribution in [2.24, 2.45) is 5.92 Å². The van der Waals surface area contributed by atoms with Gasteiger partial charge in [0.15, 0.2) is 5.82 Å². The lowest BCUT2D eigenvalue weighted by Gasteiger charge is -2.33. The number of fused-ring (bicyclic) bond motifs is 1. The third-order valence-corrected chi connectivity index (χ3v) is 6.82. The van der Waals surface area contributed by atoms with Crippen molar-refractivity contribution in [3.8, 4) is 0 Å². The minimum absolute atomic E-state index is 0.0400. The molecule has 5 rings (SSSR count). The van der Waals surface area contributed by atoms with Gasteiger partial charge in [0.2, 0.25) is 5.89 Å². The summed E-state index contributed by atoms with van der Waals surface area (Å²) in [6, 6.07) is 4.21. The SMILES string of the molecule is Cc1noc([C@]23CN(C(=O)c4cccnc4C)C[C@H]2CN(C2CCOCC2)C3)n1. The summed E-state index contributed by atoms with van der Waals surface area (Å²) in [6.07, 6.45) is 3.84. The number of aryl methyl sites for hydroxylation is 2. The molecule has 0 aromatic carbocycles. The highest BCUT2D eigenvalue weighted by atomic mass is 16.5. The van der Waals surface area contributed by atoms with Crippen molar-refractivity contribution in [3.05, 3.63) is 41.3 Å². The summed E-state index contributed by atoms with van der Waals surface area (Å²) < 4.78 is 11.2. The molecule has 2 atom stereocenters. The van der Waals surface area contributed by atoms with Gasteiger partial charge in [-0.2, -0.15) is 4.98 Å². The molecule has 0 aliphatic carbocycles. The van der Waals surface area contributed by atoms with E-state index in [9.17, 15) is 4.79 Å². The van der Waals surface area contributed by atoms with Crippen molar-refractivity contribution in [1.82, 2.24) is 24.9 Å². The maximum atomic E-state index is 13.3. The van der Waals surface area contributed by atoms with Crippen LogP contribution in [0.5, 0.6) is 0 Å². The minimum Gasteiger partial charge on any atom is -0.381 e. The molecular formula is C21H27N5O3. The molecule has 0 saturated carbocycles. The number of carbonyl (C=O) groups is 1. The maximum absolute atomic E-state index is 13.3. The Bertz CT molecular complexity index is 909. The number of carbonyl (C=O) groups excluding carboxylic acids is 1. The summed E-state index contributed by atoms with van der Waals surface area (Å²) >= 11 is 0. The van der Waals surface area contributed by atoms with Crippen LogP contribution in [0.4, 0.5) is 0 Å². The predicted octanol–water partition coefficient (Wildman–Crippen LogP) is 1.59. The van der Waals surface area contributed by atoms with E-state index in [1.54, 1.807) is 6.20 Å². The molecule has 3 aliphatic rings. The zero-order chi connectivity index (χ0) is 20.0. The number of pyridine rings is 1. The number of hydrogen-bond acceptors (Lipinski definition) is 7. The molecule has 2 aromatic rings. The van der Waals surface area contributed by atoms with Gasteiger partial charge in [-0.1, -0.05) is 5.16 Å². The average Bonchev–Trinajstić information content (AvgIpc) is 3.41. The van der Waals surface area contributed by atoms with Crippen LogP contribution in [0.3, 0.4) is 0 Å². The predicted molar refractivity (Wildman–Crippen MR) is 104 cm³/mol. The molecule has 0 unspecified atom stereocenters. The third-order valence-electron chi connectivity index (χ3n) is 6.82. The van der Waals surface area contributed by atoms with Crippen molar-refractivity contribution in [3.63, 3.8) is 0 Å². The van der Waals surface area contributed by atoms with Gasteiger partial charge in [-0.15, -0.1) is 0 Å². The molecule has 3 fully saturated rings. The molecule has 154 valence electrons. The highest BCUT2D eigenvalue weighted by Gasteiger charge is 2.58. The second-order valence-electron chi connectivity index (χ2n) is 8.59. The Labute approximate surface area is 170 Å². The lowest BCUT2D eigenvalue weighted by Crippen LogP contribution is -2.44. The first-order valence-corrected chi connectivity index (χ1v) is 10.4. The van der Waals surface area contributed by atoms with Crippen LogP contribution in [0.1, 0.15) is 40.6 Å². The van der Waals surface area contributed by atoms with Gasteiger partial charge in [-0.25, -0.2) is 0 Å². The normalized spacial score (nSPS) is 28.1. The van der Waals surface area contributed by atoms with E-state index in [-0.39, 0.29) is 17.2 Å². The number of amides is 1. The number of hydrogen-bond donors (Lipinski definition) is 0. The first-order valence-electron chi connectivity index (χ1n) is 10.4. The first-order chi connectivity index (χ1) is 14.1. The molecule has 8 nitrogen and oxygen atoms in total. The highest BCUT2D eigenvalue weighted by Crippen LogP contribution is 2.46. The zero-order valence-electron chi connectivity index (χ0n) is 17.0. The monoisotopic (exact) mass is 397 g/mol. The molecule has 2 aromatic heterocycles. The van der Waals surface area contributed by atoms with E-state index < -0.39 is 0 Å². The molecule has 0 N–H and O–H groups in total. The van der Waals surface area contributed by atoms with Crippen molar-refractivity contribution in [2.75, 3.05) is 39.4 Å². The fourth-order valence-electron chi connectivity index (χ4n) is 5.27. The molecule has 0 spiro atoms. The molecule has 0 radical (unpaired) electrons. The molecule has 29 heavy (non-hydrogen) atoms. The lowest BCUT2D eigenvalue weighted by molar-refractivity contribution is 0.0369. The topological polar surface area (TPSA) is 84.6 Å². The summed E-state index contributed by atoms with van der Waals surface area (Å²) in [5, 5.41) is 4.06. The van der Waals surface area contributed by atoms with E-state index >= 15 is 0 Å². The van der Waals surface area contributed by atoms with Crippen LogP contribution in [0.15, 0.2) is 22.9 Å². The maximum Gasteiger partial charge on any atom is 0.255 e. The van der Waals surface area contributed by atoms with Crippen LogP contribution >= 0.6 is 0 Å². The fourth-order valence-corrected chi connectivity index (χ4v) is 5.27. The quantitative estimate of drug-likeness (QED) is 0.777. The number of rotatable bonds is 3. The van der Waals surface area contributed by atoms with Gasteiger partial charge in [0.05, 0.1) is 11.0 Å². The Morgan fingerprint density at radius 1 is 1.21 bits per heavy atom. The standard InChI is InChI=1S/C21H27N5O3/c1-14-18(4-3-7-22-14)19(27)26-11-16-10-25(17-5-8-28-9-6-17)12-21(16,13-26)20-23-15(2)24-29-20/h3-4,7,16-17H,5-6,8-13H2,1-2H3/t16-,21-/m1/s1. The van der Waals surface area contributed by atoms with Crippen LogP contribution in [-0.4, -0.2) is 76.3 Å². The lowest BCUT2D eigenvalue weighted by atomic mass is 9.81. The largest absolute Gasteiger partial charge is 0.381 e. The summed E-state index contributed by atoms with van der Waals surface area (Å²) in [6.45, 7) is 8.48. The number of likely N-dealkylation sites (tertiary alicyclic amines) is 2. The van der Waals surface area contributed by atoms with Crippen LogP contribution in [0, 0.1) is 19.8 Å². The summed E-state index contributed by atoms with van der Waals surface area (Å²) in [7, 11) is 0. The Morgan fingerprint density at radius 3 is 2.76 bits per heavy atom. The van der Waals surface area contributed by atoms with E-state index in [2.05, 4.69) is 20.0 Å². The van der Waals surface area contributed by atoms with Gasteiger partial charge in [0.25, 0.3) is 5.91 Å². The van der Waals surface area contributed by atoms with E-state index in [1.807, 2.05) is 30.9 Å². The Kier molecular flexibility index (Phi) is 4.63. The Hall–Kier alpha value is -2.32. The first kappa shape index (κ1) is 18.7. The van der Waals surface area contributed by atoms with Gasteiger partial charge in [-0.05, 0) is 38.8 Å². The summed E-state index contributed by atoms with van der Waals surface area (Å²) in [5.74, 6) is 1.64. The van der Waals surface area contributed by atoms with Gasteiger partial charge in [0, 0.05) is 63.2 Å². The van der Waals surface area contributed by atoms with E-state index in [0.29, 0.717) is 36.4 Å². The van der Waals surface area contributed by atoms with Crippen molar-refractivity contribution in [1.29, 1.82) is 0 Å². The second-order valence-corrected chi connectivity index (χ2v) is 8.59. The molecule has 3 saturated heterocycles. The van der Waals surface area contributed by atoms with E-state index in [0.717, 1.165) is 44.8 Å². The number of aromatic nitrogens is 3. The molecule has 0 bridgehead atoms. The molecular weight excluding hydrogens is 370 g/mol. The van der Waals surface area contributed by atoms with Crippen molar-refractivity contribution < 1.29 is 14.1 Å². The zero-order valence-corrected chi connectivity index (χ0v) is 17.0. The second kappa shape index (κ2) is 7.18. The summed E-state index contributed by atoms with van der Waals surface area (Å²) in [4.78, 5) is 26.7. The smallest absolute Gasteiger partial charge is 0.255 e. The van der Waals surface area contributed by atoms with Crippen LogP contribution in [0.2, 0.25) is 0 Å². The van der Waals surface area contributed by atoms with Gasteiger partial charge >= 0.3 is 0 Å². The Balaban J connectivity index is 1.43. The average molecular weight is 397 g/mol. The van der Waals surface area contributed by atoms with Crippen molar-refractivity contribution in [2.45, 2.75) is 38.1 Å². The molecule has 8 heteroatoms. The van der Waals surface area contributed by atoms with Gasteiger partial charge in [0.1, 0.15) is 0 Å². The van der Waals surface area contributed by atoms with E-state index in [1.165, 1.54) is 0 Å².